The lowest BCUT2D eigenvalue weighted by atomic mass is 10.3. The Morgan fingerprint density at radius 2 is 1.67 bits per heavy atom. The Morgan fingerprint density at radius 1 is 1.27 bits per heavy atom. The lowest BCUT2D eigenvalue weighted by Crippen LogP contribution is -2.35. The van der Waals surface area contributed by atoms with Crippen LogP contribution in [0.25, 0.3) is 10.4 Å². The van der Waals surface area contributed by atoms with Crippen LogP contribution in [-0.2, 0) is 0 Å². The van der Waals surface area contributed by atoms with Crippen LogP contribution in [0.4, 0.5) is 0 Å². The second kappa shape index (κ2) is 10.7. The molecule has 0 saturated carbocycles. The van der Waals surface area contributed by atoms with Crippen LogP contribution in [0, 0.1) is 5.53 Å². The maximum Gasteiger partial charge on any atom is 0.195 e. The van der Waals surface area contributed by atoms with E-state index in [0.717, 1.165) is 12.5 Å². The largest absolute Gasteiger partial charge is 0.349 e. The standard InChI is InChI=1S/C9H21N3.HN3/c1-6-7-8-10-9(11(2)3)12(4)5;1-3-2/h6-8H2,1-5H3;1H. The summed E-state index contributed by atoms with van der Waals surface area (Å²) in [4.78, 5) is 10.3. The number of rotatable bonds is 3. The average Bonchev–Trinajstić information content (AvgIpc) is 2.12. The third kappa shape index (κ3) is 10.5. The van der Waals surface area contributed by atoms with Crippen LogP contribution in [0.3, 0.4) is 0 Å². The van der Waals surface area contributed by atoms with Gasteiger partial charge in [0.2, 0.25) is 0 Å². The predicted octanol–water partition coefficient (Wildman–Crippen LogP) is 2.14. The number of aliphatic imine (C=N–C) groups is 1. The lowest BCUT2D eigenvalue weighted by molar-refractivity contribution is 0.478. The van der Waals surface area contributed by atoms with Gasteiger partial charge in [-0.15, -0.1) is 5.53 Å². The Labute approximate surface area is 92.0 Å². The maximum absolute atomic E-state index is 6.86. The summed E-state index contributed by atoms with van der Waals surface area (Å²) in [5.41, 5.74) is 12.2. The molecule has 0 heterocycles. The molecular weight excluding hydrogens is 192 g/mol. The van der Waals surface area contributed by atoms with Gasteiger partial charge in [-0.2, -0.15) is 0 Å². The summed E-state index contributed by atoms with van der Waals surface area (Å²) in [6.07, 6.45) is 2.38. The van der Waals surface area contributed by atoms with Crippen LogP contribution >= 0.6 is 0 Å². The molecule has 0 aliphatic heterocycles. The zero-order chi connectivity index (χ0) is 12.3. The number of unbranched alkanes of at least 4 members (excludes halogenated alkanes) is 1. The van der Waals surface area contributed by atoms with Crippen molar-refractivity contribution >= 4 is 5.96 Å². The number of hydrogen-bond donors (Lipinski definition) is 1. The Kier molecular flexibility index (Phi) is 11.4. The first kappa shape index (κ1) is 16.0. The summed E-state index contributed by atoms with van der Waals surface area (Å²) >= 11 is 0. The Balaban J connectivity index is 0. The number of guanidine groups is 1. The monoisotopic (exact) mass is 214 g/mol. The first-order valence-electron chi connectivity index (χ1n) is 4.91. The second-order valence-electron chi connectivity index (χ2n) is 3.42. The van der Waals surface area contributed by atoms with E-state index in [2.05, 4.69) is 11.9 Å². The molecule has 0 aliphatic rings. The van der Waals surface area contributed by atoms with E-state index < -0.39 is 0 Å². The molecule has 15 heavy (non-hydrogen) atoms. The first-order valence-corrected chi connectivity index (χ1v) is 4.91. The van der Waals surface area contributed by atoms with E-state index in [0.29, 0.717) is 0 Å². The summed E-state index contributed by atoms with van der Waals surface area (Å²) in [6, 6.07) is 0. The smallest absolute Gasteiger partial charge is 0.195 e. The van der Waals surface area contributed by atoms with Crippen molar-refractivity contribution in [1.29, 1.82) is 5.53 Å². The average molecular weight is 214 g/mol. The number of nitrogens with one attached hydrogen (secondary N) is 1. The quantitative estimate of drug-likeness (QED) is 0.195. The highest BCUT2D eigenvalue weighted by Gasteiger charge is 2.01. The molecule has 0 atom stereocenters. The zero-order valence-corrected chi connectivity index (χ0v) is 10.4. The molecule has 0 fully saturated rings. The van der Waals surface area contributed by atoms with E-state index in [-0.39, 0.29) is 0 Å². The minimum absolute atomic E-state index is 0.933. The van der Waals surface area contributed by atoms with Crippen molar-refractivity contribution in [2.24, 2.45) is 4.99 Å². The highest BCUT2D eigenvalue weighted by atomic mass is 15.3. The van der Waals surface area contributed by atoms with Crippen LogP contribution in [0.1, 0.15) is 19.8 Å². The van der Waals surface area contributed by atoms with Crippen molar-refractivity contribution in [2.45, 2.75) is 19.8 Å². The van der Waals surface area contributed by atoms with Crippen LogP contribution in [0.15, 0.2) is 4.99 Å². The van der Waals surface area contributed by atoms with Gasteiger partial charge in [0.15, 0.2) is 5.96 Å². The Bertz CT molecular complexity index is 193. The maximum atomic E-state index is 6.86. The van der Waals surface area contributed by atoms with E-state index in [1.807, 2.05) is 38.0 Å². The molecule has 0 amide bonds. The molecule has 0 aliphatic carbocycles. The normalized spacial score (nSPS) is 8.07. The molecule has 0 rings (SSSR count). The lowest BCUT2D eigenvalue weighted by Gasteiger charge is -2.22. The molecule has 0 saturated heterocycles. The summed E-state index contributed by atoms with van der Waals surface area (Å²) in [5, 5.41) is 0. The van der Waals surface area contributed by atoms with Gasteiger partial charge in [-0.25, -0.2) is 0 Å². The van der Waals surface area contributed by atoms with Crippen LogP contribution in [0.2, 0.25) is 0 Å². The zero-order valence-electron chi connectivity index (χ0n) is 10.4. The molecule has 6 heteroatoms. The molecule has 0 aromatic heterocycles. The van der Waals surface area contributed by atoms with Gasteiger partial charge in [-0.05, 0) is 16.9 Å². The van der Waals surface area contributed by atoms with Gasteiger partial charge in [0, 0.05) is 34.7 Å². The molecule has 6 nitrogen and oxygen atoms in total. The van der Waals surface area contributed by atoms with Gasteiger partial charge < -0.3 is 9.80 Å². The van der Waals surface area contributed by atoms with Crippen molar-refractivity contribution in [2.75, 3.05) is 34.7 Å². The Morgan fingerprint density at radius 3 is 1.93 bits per heavy atom. The number of nitrogens with zero attached hydrogens (tertiary/aromatic N) is 5. The van der Waals surface area contributed by atoms with Gasteiger partial charge in [-0.1, -0.05) is 13.3 Å². The third-order valence-corrected chi connectivity index (χ3v) is 1.56. The molecule has 0 aromatic rings. The van der Waals surface area contributed by atoms with Gasteiger partial charge in [-0.3, -0.25) is 4.99 Å². The summed E-state index contributed by atoms with van der Waals surface area (Å²) in [5.74, 6) is 1.04. The molecule has 1 N–H and O–H groups in total. The van der Waals surface area contributed by atoms with Crippen molar-refractivity contribution < 1.29 is 0 Å². The molecule has 88 valence electrons. The van der Waals surface area contributed by atoms with Crippen LogP contribution in [0.5, 0.6) is 0 Å². The SMILES string of the molecule is CCCCN=C(N(C)C)N(C)C.[N-]=[N+]=N. The van der Waals surface area contributed by atoms with E-state index in [1.165, 1.54) is 12.8 Å². The molecule has 0 spiro atoms. The highest BCUT2D eigenvalue weighted by molar-refractivity contribution is 5.79. The van der Waals surface area contributed by atoms with E-state index in [1.54, 1.807) is 4.91 Å². The van der Waals surface area contributed by atoms with Crippen molar-refractivity contribution in [1.82, 2.24) is 9.80 Å². The third-order valence-electron chi connectivity index (χ3n) is 1.56. The Hall–Kier alpha value is -1.42. The topological polar surface area (TPSA) is 79.1 Å². The van der Waals surface area contributed by atoms with Crippen LogP contribution < -0.4 is 0 Å². The summed E-state index contributed by atoms with van der Waals surface area (Å²) < 4.78 is 0. The van der Waals surface area contributed by atoms with E-state index in [9.17, 15) is 0 Å². The van der Waals surface area contributed by atoms with E-state index in [4.69, 9.17) is 11.1 Å². The molecule has 0 radical (unpaired) electrons. The van der Waals surface area contributed by atoms with E-state index >= 15 is 0 Å². The van der Waals surface area contributed by atoms with Gasteiger partial charge in [0.25, 0.3) is 0 Å². The van der Waals surface area contributed by atoms with Gasteiger partial charge in [0.1, 0.15) is 0 Å². The van der Waals surface area contributed by atoms with Crippen molar-refractivity contribution in [3.05, 3.63) is 10.4 Å². The molecule has 0 aromatic carbocycles. The summed E-state index contributed by atoms with van der Waals surface area (Å²) in [7, 11) is 8.07. The fourth-order valence-corrected chi connectivity index (χ4v) is 1.02. The van der Waals surface area contributed by atoms with Crippen LogP contribution in [-0.4, -0.2) is 50.5 Å². The first-order chi connectivity index (χ1) is 7.01. The molecule has 0 unspecified atom stereocenters. The van der Waals surface area contributed by atoms with Crippen molar-refractivity contribution in [3.63, 3.8) is 0 Å². The molecular formula is C9H22N6. The fourth-order valence-electron chi connectivity index (χ4n) is 1.02. The summed E-state index contributed by atoms with van der Waals surface area (Å²) in [6.45, 7) is 3.11. The van der Waals surface area contributed by atoms with Gasteiger partial charge >= 0.3 is 0 Å². The number of hydrogen-bond acceptors (Lipinski definition) is 2. The minimum Gasteiger partial charge on any atom is -0.349 e. The fraction of sp³-hybridized carbons (Fsp3) is 0.889. The van der Waals surface area contributed by atoms with Crippen molar-refractivity contribution in [3.8, 4) is 0 Å². The predicted molar refractivity (Wildman–Crippen MR) is 64.0 cm³/mol. The highest BCUT2D eigenvalue weighted by Crippen LogP contribution is 1.92. The second-order valence-corrected chi connectivity index (χ2v) is 3.42. The van der Waals surface area contributed by atoms with Gasteiger partial charge in [0.05, 0.1) is 0 Å². The molecule has 0 bridgehead atoms. The minimum atomic E-state index is 0.933.